The predicted octanol–water partition coefficient (Wildman–Crippen LogP) is 1.45. The number of carbonyl (C=O) groups is 4. The molecule has 1 rings (SSSR count). The van der Waals surface area contributed by atoms with Gasteiger partial charge in [0.25, 0.3) is 5.91 Å². The summed E-state index contributed by atoms with van der Waals surface area (Å²) in [5.41, 5.74) is 0. The Hall–Kier alpha value is -2.42. The van der Waals surface area contributed by atoms with Crippen LogP contribution >= 0.6 is 11.3 Å². The van der Waals surface area contributed by atoms with Crippen molar-refractivity contribution in [3.05, 3.63) is 21.9 Å². The van der Waals surface area contributed by atoms with Crippen LogP contribution in [0.5, 0.6) is 0 Å². The van der Waals surface area contributed by atoms with E-state index in [1.54, 1.807) is 13.8 Å². The van der Waals surface area contributed by atoms with Gasteiger partial charge in [0.1, 0.15) is 10.9 Å². The highest BCUT2D eigenvalue weighted by Gasteiger charge is 2.25. The summed E-state index contributed by atoms with van der Waals surface area (Å²) >= 11 is 0.793. The summed E-state index contributed by atoms with van der Waals surface area (Å²) in [7, 11) is 0. The second-order valence-electron chi connectivity index (χ2n) is 4.59. The van der Waals surface area contributed by atoms with E-state index in [1.807, 2.05) is 0 Å². The fraction of sp³-hybridized carbons (Fsp3) is 0.467. The van der Waals surface area contributed by atoms with Gasteiger partial charge in [-0.3, -0.25) is 9.59 Å². The normalized spacial score (nSPS) is 11.4. The average molecular weight is 357 g/mol. The van der Waals surface area contributed by atoms with Crippen LogP contribution in [0.4, 0.5) is 0 Å². The molecule has 132 valence electrons. The summed E-state index contributed by atoms with van der Waals surface area (Å²) in [5, 5.41) is 11.3. The third kappa shape index (κ3) is 5.99. The molecule has 8 nitrogen and oxygen atoms in total. The van der Waals surface area contributed by atoms with Gasteiger partial charge < -0.3 is 19.9 Å². The van der Waals surface area contributed by atoms with E-state index in [1.165, 1.54) is 12.1 Å². The second-order valence-corrected chi connectivity index (χ2v) is 5.67. The van der Waals surface area contributed by atoms with E-state index >= 15 is 0 Å². The lowest BCUT2D eigenvalue weighted by Crippen LogP contribution is -2.42. The minimum absolute atomic E-state index is 0.0133. The van der Waals surface area contributed by atoms with E-state index in [0.29, 0.717) is 0 Å². The number of nitrogens with one attached hydrogen (secondary N) is 1. The number of carbonyl (C=O) groups excluding carboxylic acids is 3. The maximum absolute atomic E-state index is 12.2. The number of rotatable bonds is 9. The summed E-state index contributed by atoms with van der Waals surface area (Å²) < 4.78 is 9.66. The fourth-order valence-corrected chi connectivity index (χ4v) is 2.54. The van der Waals surface area contributed by atoms with Crippen molar-refractivity contribution in [3.8, 4) is 0 Å². The third-order valence-corrected chi connectivity index (χ3v) is 3.93. The summed E-state index contributed by atoms with van der Waals surface area (Å²) in [6.45, 7) is 3.65. The van der Waals surface area contributed by atoms with E-state index < -0.39 is 29.9 Å². The Labute approximate surface area is 142 Å². The zero-order chi connectivity index (χ0) is 18.1. The van der Waals surface area contributed by atoms with Gasteiger partial charge in [-0.2, -0.15) is 0 Å². The van der Waals surface area contributed by atoms with Crippen molar-refractivity contribution < 1.29 is 33.8 Å². The maximum Gasteiger partial charge on any atom is 0.345 e. The number of aromatic carboxylic acids is 1. The van der Waals surface area contributed by atoms with Gasteiger partial charge in [0.2, 0.25) is 0 Å². The minimum atomic E-state index is -1.14. The van der Waals surface area contributed by atoms with Crippen molar-refractivity contribution >= 4 is 35.2 Å². The van der Waals surface area contributed by atoms with E-state index in [9.17, 15) is 19.2 Å². The van der Waals surface area contributed by atoms with Crippen molar-refractivity contribution in [1.29, 1.82) is 0 Å². The van der Waals surface area contributed by atoms with Crippen molar-refractivity contribution in [1.82, 2.24) is 5.32 Å². The second kappa shape index (κ2) is 9.66. The number of hydrogen-bond donors (Lipinski definition) is 2. The molecule has 1 atom stereocenters. The molecular weight excluding hydrogens is 338 g/mol. The van der Waals surface area contributed by atoms with Crippen LogP contribution in [0, 0.1) is 0 Å². The summed E-state index contributed by atoms with van der Waals surface area (Å²) in [6, 6.07) is 1.65. The first-order valence-electron chi connectivity index (χ1n) is 7.35. The van der Waals surface area contributed by atoms with Crippen LogP contribution in [-0.4, -0.2) is 48.2 Å². The Morgan fingerprint density at radius 1 is 1.12 bits per heavy atom. The van der Waals surface area contributed by atoms with Crippen LogP contribution in [0.3, 0.4) is 0 Å². The zero-order valence-corrected chi connectivity index (χ0v) is 14.2. The van der Waals surface area contributed by atoms with Gasteiger partial charge in [-0.05, 0) is 32.4 Å². The predicted molar refractivity (Wildman–Crippen MR) is 85.0 cm³/mol. The first-order valence-corrected chi connectivity index (χ1v) is 8.16. The van der Waals surface area contributed by atoms with Crippen molar-refractivity contribution in [2.24, 2.45) is 0 Å². The van der Waals surface area contributed by atoms with Crippen LogP contribution < -0.4 is 5.32 Å². The highest BCUT2D eigenvalue weighted by molar-refractivity contribution is 7.15. The number of amides is 1. The number of esters is 2. The number of ether oxygens (including phenoxy) is 2. The topological polar surface area (TPSA) is 119 Å². The van der Waals surface area contributed by atoms with Gasteiger partial charge in [-0.15, -0.1) is 11.3 Å². The lowest BCUT2D eigenvalue weighted by Gasteiger charge is -2.16. The summed E-state index contributed by atoms with van der Waals surface area (Å²) in [4.78, 5) is 46.5. The largest absolute Gasteiger partial charge is 0.477 e. The maximum atomic E-state index is 12.2. The molecule has 0 fully saturated rings. The molecule has 0 saturated carbocycles. The molecule has 0 unspecified atom stereocenters. The first-order chi connectivity index (χ1) is 11.4. The number of carboxylic acid groups (broad SMARTS) is 1. The molecule has 0 spiro atoms. The Kier molecular flexibility index (Phi) is 7.90. The van der Waals surface area contributed by atoms with Crippen LogP contribution in [0.25, 0.3) is 0 Å². The van der Waals surface area contributed by atoms with Crippen molar-refractivity contribution in [2.45, 2.75) is 32.7 Å². The first kappa shape index (κ1) is 19.6. The highest BCUT2D eigenvalue weighted by Crippen LogP contribution is 2.17. The lowest BCUT2D eigenvalue weighted by molar-refractivity contribution is -0.146. The van der Waals surface area contributed by atoms with Gasteiger partial charge in [-0.1, -0.05) is 0 Å². The Morgan fingerprint density at radius 2 is 1.75 bits per heavy atom. The zero-order valence-electron chi connectivity index (χ0n) is 13.4. The van der Waals surface area contributed by atoms with Gasteiger partial charge in [0, 0.05) is 6.42 Å². The molecule has 0 saturated heterocycles. The summed E-state index contributed by atoms with van der Waals surface area (Å²) in [5.74, 6) is -2.88. The Morgan fingerprint density at radius 3 is 2.29 bits per heavy atom. The van der Waals surface area contributed by atoms with Gasteiger partial charge in [0.05, 0.1) is 18.1 Å². The number of hydrogen-bond acceptors (Lipinski definition) is 7. The molecule has 0 aliphatic carbocycles. The molecule has 0 bridgehead atoms. The van der Waals surface area contributed by atoms with Crippen molar-refractivity contribution in [2.75, 3.05) is 13.2 Å². The molecule has 0 aliphatic rings. The van der Waals surface area contributed by atoms with E-state index in [0.717, 1.165) is 11.3 Å². The average Bonchev–Trinajstić information content (AvgIpc) is 3.02. The Bertz CT molecular complexity index is 611. The highest BCUT2D eigenvalue weighted by atomic mass is 32.1. The lowest BCUT2D eigenvalue weighted by atomic mass is 10.1. The fourth-order valence-electron chi connectivity index (χ4n) is 1.79. The van der Waals surface area contributed by atoms with Crippen LogP contribution in [0.1, 0.15) is 46.0 Å². The number of carboxylic acids is 1. The van der Waals surface area contributed by atoms with Gasteiger partial charge >= 0.3 is 17.9 Å². The molecule has 9 heteroatoms. The van der Waals surface area contributed by atoms with E-state index in [-0.39, 0.29) is 35.8 Å². The SMILES string of the molecule is CCOC(=O)CC[C@H](NC(=O)c1ccc(C(=O)O)s1)C(=O)OCC. The van der Waals surface area contributed by atoms with E-state index in [2.05, 4.69) is 5.32 Å². The molecule has 0 aliphatic heterocycles. The van der Waals surface area contributed by atoms with Crippen LogP contribution in [0.15, 0.2) is 12.1 Å². The molecule has 0 radical (unpaired) electrons. The molecule has 24 heavy (non-hydrogen) atoms. The molecule has 1 amide bonds. The molecule has 1 aromatic rings. The van der Waals surface area contributed by atoms with Crippen molar-refractivity contribution in [3.63, 3.8) is 0 Å². The smallest absolute Gasteiger partial charge is 0.345 e. The third-order valence-electron chi connectivity index (χ3n) is 2.86. The summed E-state index contributed by atoms with van der Waals surface area (Å²) in [6.07, 6.45) is -0.0248. The Balaban J connectivity index is 2.74. The molecule has 1 aromatic heterocycles. The molecular formula is C15H19NO7S. The minimum Gasteiger partial charge on any atom is -0.477 e. The standard InChI is InChI=1S/C15H19NO7S/c1-3-22-12(17)8-5-9(15(21)23-4-2)16-13(18)10-6-7-11(24-10)14(19)20/h6-7,9H,3-5,8H2,1-2H3,(H,16,18)(H,19,20)/t9-/m0/s1. The van der Waals surface area contributed by atoms with Gasteiger partial charge in [-0.25, -0.2) is 9.59 Å². The number of thiophene rings is 1. The van der Waals surface area contributed by atoms with Crippen LogP contribution in [0.2, 0.25) is 0 Å². The van der Waals surface area contributed by atoms with Gasteiger partial charge in [0.15, 0.2) is 0 Å². The quantitative estimate of drug-likeness (QED) is 0.642. The molecule has 1 heterocycles. The monoisotopic (exact) mass is 357 g/mol. The van der Waals surface area contributed by atoms with E-state index in [4.69, 9.17) is 14.6 Å². The molecule has 0 aromatic carbocycles. The van der Waals surface area contributed by atoms with Crippen LogP contribution in [-0.2, 0) is 19.1 Å². The molecule has 2 N–H and O–H groups in total.